The normalized spacial score (nSPS) is 16.2. The Morgan fingerprint density at radius 1 is 1.21 bits per heavy atom. The van der Waals surface area contributed by atoms with Crippen LogP contribution in [0.4, 0.5) is 18.3 Å². The molecule has 1 aliphatic rings. The molecule has 0 aliphatic carbocycles. The Bertz CT molecular complexity index is 1550. The van der Waals surface area contributed by atoms with Gasteiger partial charge in [0.05, 0.1) is 22.7 Å². The number of nitrogens with one attached hydrogen (secondary N) is 1. The van der Waals surface area contributed by atoms with Gasteiger partial charge in [0.15, 0.2) is 5.13 Å². The van der Waals surface area contributed by atoms with Crippen molar-refractivity contribution in [2.75, 3.05) is 18.0 Å². The third-order valence-corrected chi connectivity index (χ3v) is 8.24. The predicted molar refractivity (Wildman–Crippen MR) is 140 cm³/mol. The predicted octanol–water partition coefficient (Wildman–Crippen LogP) is 6.68. The van der Waals surface area contributed by atoms with E-state index < -0.39 is 23.1 Å². The van der Waals surface area contributed by atoms with Gasteiger partial charge in [-0.2, -0.15) is 23.3 Å². The fourth-order valence-corrected chi connectivity index (χ4v) is 5.68. The number of thiazole rings is 1. The molecule has 0 amide bonds. The number of piperidine rings is 1. The van der Waals surface area contributed by atoms with Gasteiger partial charge in [0.1, 0.15) is 4.88 Å². The Balaban J connectivity index is 1.61. The number of rotatable bonds is 5. The molecule has 4 aromatic rings. The lowest BCUT2D eigenvalue weighted by atomic mass is 9.81. The van der Waals surface area contributed by atoms with Gasteiger partial charge in [-0.3, -0.25) is 9.89 Å². The zero-order chi connectivity index (χ0) is 27.2. The van der Waals surface area contributed by atoms with Gasteiger partial charge in [-0.05, 0) is 61.2 Å². The lowest BCUT2D eigenvalue weighted by Crippen LogP contribution is -2.42. The third kappa shape index (κ3) is 4.95. The number of aromatic nitrogens is 3. The van der Waals surface area contributed by atoms with Crippen molar-refractivity contribution in [3.05, 3.63) is 69.2 Å². The van der Waals surface area contributed by atoms with E-state index in [9.17, 15) is 28.2 Å². The molecule has 12 heteroatoms. The van der Waals surface area contributed by atoms with Crippen molar-refractivity contribution in [1.29, 1.82) is 0 Å². The number of halogens is 4. The molecule has 0 radical (unpaired) electrons. The molecule has 1 fully saturated rings. The van der Waals surface area contributed by atoms with Crippen LogP contribution in [0.25, 0.3) is 22.6 Å². The van der Waals surface area contributed by atoms with Crippen molar-refractivity contribution in [1.82, 2.24) is 15.2 Å². The summed E-state index contributed by atoms with van der Waals surface area (Å²) in [6.07, 6.45) is -0.878. The van der Waals surface area contributed by atoms with Crippen molar-refractivity contribution in [2.45, 2.75) is 25.9 Å². The van der Waals surface area contributed by atoms with E-state index in [1.807, 2.05) is 4.90 Å². The molecule has 5 rings (SSSR count). The first kappa shape index (κ1) is 26.1. The summed E-state index contributed by atoms with van der Waals surface area (Å²) < 4.78 is 41.7. The van der Waals surface area contributed by atoms with E-state index in [0.717, 1.165) is 28.3 Å². The average Bonchev–Trinajstić information content (AvgIpc) is 3.49. The Labute approximate surface area is 224 Å². The number of hydrogen-bond donors (Lipinski definition) is 3. The molecule has 7 nitrogen and oxygen atoms in total. The Kier molecular flexibility index (Phi) is 6.60. The van der Waals surface area contributed by atoms with E-state index in [-0.39, 0.29) is 21.3 Å². The van der Waals surface area contributed by atoms with Gasteiger partial charge in [0.2, 0.25) is 5.88 Å². The van der Waals surface area contributed by atoms with Crippen molar-refractivity contribution in [3.8, 4) is 5.88 Å². The molecule has 0 unspecified atom stereocenters. The molecular formula is C26H22ClF3N4O3S. The van der Waals surface area contributed by atoms with Crippen LogP contribution in [0, 0.1) is 5.41 Å². The molecule has 1 aliphatic heterocycles. The lowest BCUT2D eigenvalue weighted by Gasteiger charge is -2.36. The van der Waals surface area contributed by atoms with Gasteiger partial charge in [0.25, 0.3) is 0 Å². The summed E-state index contributed by atoms with van der Waals surface area (Å²) in [6.45, 7) is 2.55. The monoisotopic (exact) mass is 562 g/mol. The molecule has 2 aromatic heterocycles. The Morgan fingerprint density at radius 2 is 1.95 bits per heavy atom. The van der Waals surface area contributed by atoms with Crippen molar-refractivity contribution in [3.63, 3.8) is 0 Å². The number of benzene rings is 2. The molecule has 198 valence electrons. The minimum Gasteiger partial charge on any atom is -0.492 e. The molecule has 0 bridgehead atoms. The van der Waals surface area contributed by atoms with Crippen LogP contribution in [0.1, 0.15) is 41.3 Å². The minimum absolute atomic E-state index is 0.0442. The molecule has 0 atom stereocenters. The first-order valence-corrected chi connectivity index (χ1v) is 12.8. The number of hydrogen-bond acceptors (Lipinski definition) is 6. The maximum absolute atomic E-state index is 13.9. The third-order valence-electron chi connectivity index (χ3n) is 6.87. The van der Waals surface area contributed by atoms with E-state index >= 15 is 0 Å². The van der Waals surface area contributed by atoms with Crippen LogP contribution in [0.3, 0.4) is 0 Å². The molecular weight excluding hydrogens is 541 g/mol. The molecule has 2 aromatic carbocycles. The largest absolute Gasteiger partial charge is 0.492 e. The summed E-state index contributed by atoms with van der Waals surface area (Å²) in [5.41, 5.74) is -0.209. The zero-order valence-corrected chi connectivity index (χ0v) is 21.6. The van der Waals surface area contributed by atoms with Gasteiger partial charge in [-0.1, -0.05) is 35.1 Å². The van der Waals surface area contributed by atoms with Crippen LogP contribution in [0.15, 0.2) is 42.6 Å². The minimum atomic E-state index is -4.65. The van der Waals surface area contributed by atoms with Crippen LogP contribution in [0.5, 0.6) is 5.88 Å². The summed E-state index contributed by atoms with van der Waals surface area (Å²) >= 11 is 7.02. The highest BCUT2D eigenvalue weighted by Crippen LogP contribution is 2.43. The summed E-state index contributed by atoms with van der Waals surface area (Å²) in [6, 6.07) is 8.80. The number of aromatic hydroxyl groups is 1. The maximum atomic E-state index is 13.9. The molecule has 38 heavy (non-hydrogen) atoms. The van der Waals surface area contributed by atoms with Crippen LogP contribution in [-0.2, 0) is 11.0 Å². The highest BCUT2D eigenvalue weighted by Gasteiger charge is 2.38. The summed E-state index contributed by atoms with van der Waals surface area (Å²) in [7, 11) is 0. The first-order chi connectivity index (χ1) is 17.9. The van der Waals surface area contributed by atoms with Gasteiger partial charge in [-0.25, -0.2) is 0 Å². The van der Waals surface area contributed by atoms with Crippen molar-refractivity contribution in [2.24, 2.45) is 5.41 Å². The second-order valence-electron chi connectivity index (χ2n) is 9.46. The summed E-state index contributed by atoms with van der Waals surface area (Å²) in [4.78, 5) is 18.1. The number of H-pyrrole nitrogens is 1. The van der Waals surface area contributed by atoms with E-state index in [1.54, 1.807) is 31.3 Å². The van der Waals surface area contributed by atoms with E-state index in [2.05, 4.69) is 15.2 Å². The number of anilines is 1. The number of carbonyl (C=O) groups is 1. The highest BCUT2D eigenvalue weighted by molar-refractivity contribution is 7.17. The summed E-state index contributed by atoms with van der Waals surface area (Å²) in [5.74, 6) is -1.18. The summed E-state index contributed by atoms with van der Waals surface area (Å²) in [5, 5.41) is 28.4. The smallest absolute Gasteiger partial charge is 0.417 e. The number of carboxylic acid groups (broad SMARTS) is 1. The van der Waals surface area contributed by atoms with Gasteiger partial charge in [0, 0.05) is 29.1 Å². The van der Waals surface area contributed by atoms with Crippen molar-refractivity contribution < 1.29 is 28.2 Å². The molecule has 1 saturated heterocycles. The molecule has 3 N–H and O–H groups in total. The molecule has 0 saturated carbocycles. The van der Waals surface area contributed by atoms with Crippen LogP contribution >= 0.6 is 22.9 Å². The number of nitrogens with zero attached hydrogens (tertiary/aromatic N) is 3. The fraction of sp³-hybridized carbons (Fsp3) is 0.269. The Morgan fingerprint density at radius 3 is 2.63 bits per heavy atom. The number of alkyl halides is 3. The quantitative estimate of drug-likeness (QED) is 0.235. The van der Waals surface area contributed by atoms with E-state index in [1.165, 1.54) is 18.2 Å². The topological polar surface area (TPSA) is 102 Å². The molecule has 3 heterocycles. The number of aliphatic carboxylic acids is 1. The first-order valence-electron chi connectivity index (χ1n) is 11.6. The number of aromatic amines is 1. The van der Waals surface area contributed by atoms with Crippen molar-refractivity contribution >= 4 is 56.6 Å². The number of carboxylic acids is 1. The fourth-order valence-electron chi connectivity index (χ4n) is 4.46. The zero-order valence-electron chi connectivity index (χ0n) is 20.0. The van der Waals surface area contributed by atoms with E-state index in [0.29, 0.717) is 42.2 Å². The van der Waals surface area contributed by atoms with Gasteiger partial charge in [-0.15, -0.1) is 0 Å². The standard InChI is InChI=1S/C26H22ClF3N4O3S/c1-25(23(36)37)6-8-34(9-7-25)24-32-22(35)21(38-24)18(14-3-5-20-16(10-14)13-31-33-20)11-15-2-4-17(27)12-19(15)26(28,29)30/h2-5,10-13,35H,6-9H2,1H3,(H,31,33)(H,36,37). The molecule has 0 spiro atoms. The van der Waals surface area contributed by atoms with Gasteiger partial charge >= 0.3 is 12.1 Å². The highest BCUT2D eigenvalue weighted by atomic mass is 35.5. The second kappa shape index (κ2) is 9.63. The Hall–Kier alpha value is -3.57. The number of fused-ring (bicyclic) bond motifs is 1. The van der Waals surface area contributed by atoms with Gasteiger partial charge < -0.3 is 15.1 Å². The van der Waals surface area contributed by atoms with Crippen LogP contribution < -0.4 is 4.90 Å². The second-order valence-corrected chi connectivity index (χ2v) is 10.9. The lowest BCUT2D eigenvalue weighted by molar-refractivity contribution is -0.149. The maximum Gasteiger partial charge on any atom is 0.417 e. The van der Waals surface area contributed by atoms with Crippen LogP contribution in [0.2, 0.25) is 5.02 Å². The van der Waals surface area contributed by atoms with Crippen LogP contribution in [-0.4, -0.2) is 44.5 Å². The van der Waals surface area contributed by atoms with E-state index in [4.69, 9.17) is 11.6 Å². The average molecular weight is 563 g/mol. The SMILES string of the molecule is CC1(C(=O)O)CCN(c2nc(O)c(C(=Cc3ccc(Cl)cc3C(F)(F)F)c3ccc4[nH]ncc4c3)s2)CC1.